The van der Waals surface area contributed by atoms with Crippen LogP contribution in [0.15, 0.2) is 58.7 Å². The number of nitrogens with one attached hydrogen (secondary N) is 2. The van der Waals surface area contributed by atoms with E-state index in [4.69, 9.17) is 27.6 Å². The van der Waals surface area contributed by atoms with Crippen molar-refractivity contribution in [3.8, 4) is 0 Å². The Labute approximate surface area is 157 Å². The molecule has 134 valence electrons. The van der Waals surface area contributed by atoms with Gasteiger partial charge in [-0.3, -0.25) is 4.99 Å². The molecule has 0 radical (unpaired) electrons. The van der Waals surface area contributed by atoms with E-state index >= 15 is 0 Å². The van der Waals surface area contributed by atoms with Gasteiger partial charge in [-0.05, 0) is 35.9 Å². The number of aliphatic imine (C=N–C) groups is 1. The summed E-state index contributed by atoms with van der Waals surface area (Å²) in [4.78, 5) is 4.40. The summed E-state index contributed by atoms with van der Waals surface area (Å²) in [5.74, 6) is 1.47. The molecule has 0 spiro atoms. The third-order valence-corrected chi connectivity index (χ3v) is 3.79. The fourth-order valence-electron chi connectivity index (χ4n) is 2.15. The molecule has 0 saturated carbocycles. The number of rotatable bonds is 8. The molecule has 0 amide bonds. The fourth-order valence-corrected chi connectivity index (χ4v) is 2.70. The van der Waals surface area contributed by atoms with Crippen LogP contribution in [0, 0.1) is 0 Å². The van der Waals surface area contributed by atoms with Crippen molar-refractivity contribution in [1.29, 1.82) is 0 Å². The monoisotopic (exact) mass is 381 g/mol. The van der Waals surface area contributed by atoms with E-state index in [1.165, 1.54) is 0 Å². The second-order valence-corrected chi connectivity index (χ2v) is 6.21. The van der Waals surface area contributed by atoms with Gasteiger partial charge in [0.1, 0.15) is 5.76 Å². The molecule has 0 aliphatic rings. The highest BCUT2D eigenvalue weighted by molar-refractivity contribution is 6.34. The summed E-state index contributed by atoms with van der Waals surface area (Å²) in [7, 11) is 0. The van der Waals surface area contributed by atoms with Crippen LogP contribution in [0.1, 0.15) is 17.4 Å². The Bertz CT molecular complexity index is 682. The topological polar surface area (TPSA) is 69.8 Å². The molecule has 0 saturated heterocycles. The number of nitrogens with zero attached hydrogens (tertiary/aromatic N) is 1. The van der Waals surface area contributed by atoms with Crippen molar-refractivity contribution < 1.29 is 9.52 Å². The summed E-state index contributed by atoms with van der Waals surface area (Å²) in [5, 5.41) is 17.6. The van der Waals surface area contributed by atoms with E-state index in [9.17, 15) is 5.11 Å². The van der Waals surface area contributed by atoms with Crippen molar-refractivity contribution in [2.75, 3.05) is 19.6 Å². The van der Waals surface area contributed by atoms with Crippen molar-refractivity contribution in [1.82, 2.24) is 10.6 Å². The first-order chi connectivity index (χ1) is 12.1. The first kappa shape index (κ1) is 19.4. The molecule has 2 aromatic rings. The maximum atomic E-state index is 10.3. The first-order valence-electron chi connectivity index (χ1n) is 7.88. The fraction of sp³-hybridized carbons (Fsp3) is 0.278. The van der Waals surface area contributed by atoms with E-state index in [-0.39, 0.29) is 6.54 Å². The SMILES string of the molecule is C=CCNC(=NCC(O)c1cc(Cl)cc(Cl)c1)NCCc1ccco1. The van der Waals surface area contributed by atoms with Crippen LogP contribution in [0.5, 0.6) is 0 Å². The van der Waals surface area contributed by atoms with Crippen molar-refractivity contribution >= 4 is 29.2 Å². The molecule has 0 aliphatic heterocycles. The smallest absolute Gasteiger partial charge is 0.191 e. The molecule has 0 fully saturated rings. The molecule has 0 bridgehead atoms. The van der Waals surface area contributed by atoms with Crippen LogP contribution >= 0.6 is 23.2 Å². The van der Waals surface area contributed by atoms with Gasteiger partial charge < -0.3 is 20.2 Å². The van der Waals surface area contributed by atoms with Crippen LogP contribution in [-0.4, -0.2) is 30.7 Å². The highest BCUT2D eigenvalue weighted by Gasteiger charge is 2.10. The maximum absolute atomic E-state index is 10.3. The number of hydrogen-bond donors (Lipinski definition) is 3. The van der Waals surface area contributed by atoms with Crippen LogP contribution in [0.3, 0.4) is 0 Å². The molecule has 1 unspecified atom stereocenters. The lowest BCUT2D eigenvalue weighted by molar-refractivity contribution is 0.187. The van der Waals surface area contributed by atoms with E-state index in [0.29, 0.717) is 34.7 Å². The Morgan fingerprint density at radius 3 is 2.68 bits per heavy atom. The molecule has 3 N–H and O–H groups in total. The summed E-state index contributed by atoms with van der Waals surface area (Å²) in [6.45, 7) is 5.06. The maximum Gasteiger partial charge on any atom is 0.191 e. The minimum Gasteiger partial charge on any atom is -0.469 e. The zero-order valence-corrected chi connectivity index (χ0v) is 15.2. The van der Waals surface area contributed by atoms with Crippen molar-refractivity contribution in [2.24, 2.45) is 4.99 Å². The Morgan fingerprint density at radius 1 is 1.28 bits per heavy atom. The van der Waals surface area contributed by atoms with Gasteiger partial charge in [0.05, 0.1) is 18.9 Å². The van der Waals surface area contributed by atoms with Crippen molar-refractivity contribution in [2.45, 2.75) is 12.5 Å². The number of guanidine groups is 1. The molecule has 1 aromatic heterocycles. The van der Waals surface area contributed by atoms with Gasteiger partial charge in [0.25, 0.3) is 0 Å². The number of aliphatic hydroxyl groups is 1. The molecule has 7 heteroatoms. The second-order valence-electron chi connectivity index (χ2n) is 5.33. The van der Waals surface area contributed by atoms with Gasteiger partial charge >= 0.3 is 0 Å². The number of halogens is 2. The predicted molar refractivity (Wildman–Crippen MR) is 102 cm³/mol. The van der Waals surface area contributed by atoms with Crippen molar-refractivity contribution in [3.05, 3.63) is 70.6 Å². The average molecular weight is 382 g/mol. The van der Waals surface area contributed by atoms with Gasteiger partial charge in [-0.2, -0.15) is 0 Å². The third kappa shape index (κ3) is 6.82. The lowest BCUT2D eigenvalue weighted by Crippen LogP contribution is -2.38. The normalized spacial score (nSPS) is 12.7. The van der Waals surface area contributed by atoms with E-state index in [1.807, 2.05) is 12.1 Å². The molecular formula is C18H21Cl2N3O2. The molecule has 5 nitrogen and oxygen atoms in total. The van der Waals surface area contributed by atoms with Crippen LogP contribution in [0.25, 0.3) is 0 Å². The number of benzene rings is 1. The van der Waals surface area contributed by atoms with Gasteiger partial charge in [-0.15, -0.1) is 6.58 Å². The summed E-state index contributed by atoms with van der Waals surface area (Å²) in [6, 6.07) is 8.74. The summed E-state index contributed by atoms with van der Waals surface area (Å²) < 4.78 is 5.29. The number of furan rings is 1. The summed E-state index contributed by atoms with van der Waals surface area (Å²) in [5.41, 5.74) is 0.625. The van der Waals surface area contributed by atoms with Gasteiger partial charge in [0, 0.05) is 29.6 Å². The van der Waals surface area contributed by atoms with E-state index in [0.717, 1.165) is 12.2 Å². The Morgan fingerprint density at radius 2 is 2.04 bits per heavy atom. The zero-order valence-electron chi connectivity index (χ0n) is 13.7. The van der Waals surface area contributed by atoms with Crippen LogP contribution < -0.4 is 10.6 Å². The standard InChI is InChI=1S/C18H21Cl2N3O2/c1-2-6-21-18(22-7-5-16-4-3-8-25-16)23-12-17(24)13-9-14(19)11-15(20)10-13/h2-4,8-11,17,24H,1,5-7,12H2,(H2,21,22,23). The van der Waals surface area contributed by atoms with Crippen LogP contribution in [0.4, 0.5) is 0 Å². The minimum absolute atomic E-state index is 0.171. The Balaban J connectivity index is 1.94. The van der Waals surface area contributed by atoms with E-state index < -0.39 is 6.10 Å². The quantitative estimate of drug-likeness (QED) is 0.371. The Kier molecular flexibility index (Phi) is 7.85. The molecule has 2 rings (SSSR count). The summed E-state index contributed by atoms with van der Waals surface area (Å²) in [6.07, 6.45) is 3.31. The number of aliphatic hydroxyl groups excluding tert-OH is 1. The van der Waals surface area contributed by atoms with Crippen LogP contribution in [-0.2, 0) is 6.42 Å². The van der Waals surface area contributed by atoms with E-state index in [2.05, 4.69) is 22.2 Å². The second kappa shape index (κ2) is 10.1. The largest absolute Gasteiger partial charge is 0.469 e. The lowest BCUT2D eigenvalue weighted by Gasteiger charge is -2.13. The van der Waals surface area contributed by atoms with Crippen molar-refractivity contribution in [3.63, 3.8) is 0 Å². The summed E-state index contributed by atoms with van der Waals surface area (Å²) >= 11 is 11.9. The highest BCUT2D eigenvalue weighted by Crippen LogP contribution is 2.23. The van der Waals surface area contributed by atoms with Gasteiger partial charge in [-0.25, -0.2) is 0 Å². The van der Waals surface area contributed by atoms with Gasteiger partial charge in [-0.1, -0.05) is 29.3 Å². The molecule has 1 heterocycles. The molecular weight excluding hydrogens is 361 g/mol. The van der Waals surface area contributed by atoms with Crippen LogP contribution in [0.2, 0.25) is 10.0 Å². The number of hydrogen-bond acceptors (Lipinski definition) is 3. The molecule has 1 aromatic carbocycles. The van der Waals surface area contributed by atoms with Gasteiger partial charge in [0.15, 0.2) is 5.96 Å². The Hall–Kier alpha value is -1.95. The van der Waals surface area contributed by atoms with Gasteiger partial charge in [0.2, 0.25) is 0 Å². The lowest BCUT2D eigenvalue weighted by atomic mass is 10.1. The molecule has 0 aliphatic carbocycles. The van der Waals surface area contributed by atoms with E-state index in [1.54, 1.807) is 30.5 Å². The third-order valence-electron chi connectivity index (χ3n) is 3.35. The molecule has 1 atom stereocenters. The average Bonchev–Trinajstić information content (AvgIpc) is 3.09. The zero-order chi connectivity index (χ0) is 18.1. The minimum atomic E-state index is -0.802. The highest BCUT2D eigenvalue weighted by atomic mass is 35.5. The molecule has 25 heavy (non-hydrogen) atoms. The predicted octanol–water partition coefficient (Wildman–Crippen LogP) is 3.58. The first-order valence-corrected chi connectivity index (χ1v) is 8.63.